The molecule has 4 rings (SSSR count). The van der Waals surface area contributed by atoms with Gasteiger partial charge in [-0.15, -0.1) is 0 Å². The highest BCUT2D eigenvalue weighted by atomic mass is 35.5. The van der Waals surface area contributed by atoms with Gasteiger partial charge in [0.05, 0.1) is 5.56 Å². The van der Waals surface area contributed by atoms with Gasteiger partial charge in [-0.1, -0.05) is 11.6 Å². The fraction of sp³-hybridized carbons (Fsp3) is 0.476. The zero-order valence-electron chi connectivity index (χ0n) is 17.8. The Hall–Kier alpha value is -2.74. The molecular weight excluding hydrogens is 406 g/mol. The molecule has 160 valence electrons. The molecule has 0 bridgehead atoms. The van der Waals surface area contributed by atoms with Crippen molar-refractivity contribution < 1.29 is 13.9 Å². The quantitative estimate of drug-likeness (QED) is 0.601. The van der Waals surface area contributed by atoms with E-state index in [1.54, 1.807) is 17.2 Å². The molecule has 2 aromatic heterocycles. The lowest BCUT2D eigenvalue weighted by molar-refractivity contribution is 0.0216. The third-order valence-corrected chi connectivity index (χ3v) is 5.25. The molecule has 1 amide bonds. The van der Waals surface area contributed by atoms with Crippen LogP contribution in [0.15, 0.2) is 28.9 Å². The number of hydrogen-bond donors (Lipinski definition) is 0. The number of rotatable bonds is 2. The lowest BCUT2D eigenvalue weighted by Crippen LogP contribution is -2.54. The van der Waals surface area contributed by atoms with E-state index in [0.29, 0.717) is 41.8 Å². The molecular formula is C21H26ClN5O3. The molecule has 0 radical (unpaired) electrons. The third kappa shape index (κ3) is 3.96. The monoisotopic (exact) mass is 431 g/mol. The van der Waals surface area contributed by atoms with E-state index < -0.39 is 5.60 Å². The summed E-state index contributed by atoms with van der Waals surface area (Å²) in [7, 11) is 1.92. The first kappa shape index (κ1) is 20.5. The van der Waals surface area contributed by atoms with E-state index in [-0.39, 0.29) is 12.1 Å². The molecule has 1 atom stereocenters. The number of fused-ring (bicyclic) bond motifs is 1. The number of amides is 1. The lowest BCUT2D eigenvalue weighted by Gasteiger charge is -2.39. The van der Waals surface area contributed by atoms with Crippen LogP contribution in [0.1, 0.15) is 27.7 Å². The van der Waals surface area contributed by atoms with Gasteiger partial charge in [0.2, 0.25) is 0 Å². The number of anilines is 1. The van der Waals surface area contributed by atoms with Crippen LogP contribution in [-0.2, 0) is 11.8 Å². The Kier molecular flexibility index (Phi) is 5.13. The smallest absolute Gasteiger partial charge is 0.410 e. The SMILES string of the molecule is CC1CN(C(=O)OC(C)(C)C)CCN1c1nc2cc(Cl)cc(-c3nccn3C)c2o1. The molecule has 0 spiro atoms. The first-order valence-electron chi connectivity index (χ1n) is 9.95. The van der Waals surface area contributed by atoms with Crippen LogP contribution in [0.5, 0.6) is 0 Å². The summed E-state index contributed by atoms with van der Waals surface area (Å²) in [6, 6.07) is 4.16. The maximum atomic E-state index is 12.4. The van der Waals surface area contributed by atoms with Crippen molar-refractivity contribution in [3.63, 3.8) is 0 Å². The Bertz CT molecular complexity index is 1080. The van der Waals surface area contributed by atoms with E-state index in [2.05, 4.69) is 14.9 Å². The van der Waals surface area contributed by atoms with Crippen LogP contribution in [0.4, 0.5) is 10.8 Å². The number of nitrogens with zero attached hydrogens (tertiary/aromatic N) is 5. The molecule has 3 aromatic rings. The molecule has 30 heavy (non-hydrogen) atoms. The lowest BCUT2D eigenvalue weighted by atomic mass is 10.2. The van der Waals surface area contributed by atoms with Crippen LogP contribution in [0.3, 0.4) is 0 Å². The van der Waals surface area contributed by atoms with Crippen LogP contribution in [0.2, 0.25) is 5.02 Å². The van der Waals surface area contributed by atoms with Gasteiger partial charge in [-0.3, -0.25) is 0 Å². The van der Waals surface area contributed by atoms with Gasteiger partial charge in [0, 0.05) is 50.1 Å². The number of carbonyl (C=O) groups excluding carboxylic acids is 1. The second-order valence-corrected chi connectivity index (χ2v) is 9.07. The number of piperazine rings is 1. The van der Waals surface area contributed by atoms with E-state index in [1.165, 1.54) is 0 Å². The number of imidazole rings is 1. The van der Waals surface area contributed by atoms with E-state index in [4.69, 9.17) is 20.8 Å². The highest BCUT2D eigenvalue weighted by molar-refractivity contribution is 6.31. The highest BCUT2D eigenvalue weighted by Gasteiger charge is 2.32. The van der Waals surface area contributed by atoms with Crippen LogP contribution in [0.25, 0.3) is 22.5 Å². The second kappa shape index (κ2) is 7.50. The molecule has 1 aliphatic heterocycles. The molecule has 3 heterocycles. The molecule has 9 heteroatoms. The third-order valence-electron chi connectivity index (χ3n) is 5.03. The average molecular weight is 432 g/mol. The number of benzene rings is 1. The summed E-state index contributed by atoms with van der Waals surface area (Å²) >= 11 is 6.33. The molecule has 1 fully saturated rings. The van der Waals surface area contributed by atoms with Crippen molar-refractivity contribution >= 4 is 34.8 Å². The van der Waals surface area contributed by atoms with Crippen molar-refractivity contribution in [2.75, 3.05) is 24.5 Å². The number of carbonyl (C=O) groups is 1. The first-order valence-corrected chi connectivity index (χ1v) is 10.3. The van der Waals surface area contributed by atoms with Crippen LogP contribution >= 0.6 is 11.6 Å². The fourth-order valence-electron chi connectivity index (χ4n) is 3.63. The minimum Gasteiger partial charge on any atom is -0.444 e. The van der Waals surface area contributed by atoms with Crippen molar-refractivity contribution in [1.29, 1.82) is 0 Å². The van der Waals surface area contributed by atoms with E-state index in [9.17, 15) is 4.79 Å². The molecule has 0 saturated carbocycles. The van der Waals surface area contributed by atoms with Crippen molar-refractivity contribution in [2.24, 2.45) is 7.05 Å². The minimum absolute atomic E-state index is 0.0198. The Balaban J connectivity index is 1.60. The normalized spacial score (nSPS) is 17.6. The van der Waals surface area contributed by atoms with Gasteiger partial charge >= 0.3 is 6.09 Å². The zero-order chi connectivity index (χ0) is 21.6. The summed E-state index contributed by atoms with van der Waals surface area (Å²) in [6.45, 7) is 9.30. The number of aromatic nitrogens is 3. The van der Waals surface area contributed by atoms with E-state index >= 15 is 0 Å². The van der Waals surface area contributed by atoms with Gasteiger partial charge in [-0.25, -0.2) is 9.78 Å². The number of ether oxygens (including phenoxy) is 1. The summed E-state index contributed by atoms with van der Waals surface area (Å²) in [5, 5.41) is 0.572. The van der Waals surface area contributed by atoms with Gasteiger partial charge in [-0.2, -0.15) is 4.98 Å². The molecule has 8 nitrogen and oxygen atoms in total. The predicted octanol–water partition coefficient (Wildman–Crippen LogP) is 4.33. The molecule has 1 unspecified atom stereocenters. The van der Waals surface area contributed by atoms with Crippen LogP contribution in [0, 0.1) is 0 Å². The number of aryl methyl sites for hydroxylation is 1. The Labute approximate surface area is 180 Å². The van der Waals surface area contributed by atoms with Crippen LogP contribution in [-0.4, -0.2) is 56.8 Å². The molecule has 1 saturated heterocycles. The highest BCUT2D eigenvalue weighted by Crippen LogP contribution is 2.34. The van der Waals surface area contributed by atoms with Crippen LogP contribution < -0.4 is 4.90 Å². The largest absolute Gasteiger partial charge is 0.444 e. The van der Waals surface area contributed by atoms with Crippen molar-refractivity contribution in [3.05, 3.63) is 29.5 Å². The minimum atomic E-state index is -0.515. The van der Waals surface area contributed by atoms with Gasteiger partial charge in [-0.05, 0) is 39.8 Å². The summed E-state index contributed by atoms with van der Waals surface area (Å²) in [6.07, 6.45) is 3.31. The number of oxazole rings is 1. The summed E-state index contributed by atoms with van der Waals surface area (Å²) in [5.74, 6) is 0.757. The predicted molar refractivity (Wildman–Crippen MR) is 116 cm³/mol. The van der Waals surface area contributed by atoms with Gasteiger partial charge in [0.15, 0.2) is 5.58 Å². The maximum Gasteiger partial charge on any atom is 0.410 e. The van der Waals surface area contributed by atoms with Crippen molar-refractivity contribution in [1.82, 2.24) is 19.4 Å². The molecule has 0 N–H and O–H groups in total. The number of hydrogen-bond acceptors (Lipinski definition) is 6. The topological polar surface area (TPSA) is 76.6 Å². The second-order valence-electron chi connectivity index (χ2n) is 8.63. The first-order chi connectivity index (χ1) is 14.1. The molecule has 0 aliphatic carbocycles. The van der Waals surface area contributed by atoms with Gasteiger partial charge < -0.3 is 23.5 Å². The maximum absolute atomic E-state index is 12.4. The Morgan fingerprint density at radius 1 is 1.30 bits per heavy atom. The number of halogens is 1. The standard InChI is InChI=1S/C21H26ClN5O3/c1-13-12-26(20(28)30-21(2,3)4)8-9-27(13)19-24-16-11-14(22)10-15(17(16)29-19)18-23-6-7-25(18)5/h6-7,10-11,13H,8-9,12H2,1-5H3. The Morgan fingerprint density at radius 3 is 2.70 bits per heavy atom. The summed E-state index contributed by atoms with van der Waals surface area (Å²) in [5.41, 5.74) is 1.60. The average Bonchev–Trinajstić information content (AvgIpc) is 3.25. The fourth-order valence-corrected chi connectivity index (χ4v) is 3.85. The van der Waals surface area contributed by atoms with Gasteiger partial charge in [0.1, 0.15) is 16.9 Å². The van der Waals surface area contributed by atoms with E-state index in [1.807, 2.05) is 51.6 Å². The zero-order valence-corrected chi connectivity index (χ0v) is 18.6. The van der Waals surface area contributed by atoms with Crippen molar-refractivity contribution in [3.8, 4) is 11.4 Å². The van der Waals surface area contributed by atoms with Gasteiger partial charge in [0.25, 0.3) is 6.01 Å². The molecule has 1 aromatic carbocycles. The molecule has 1 aliphatic rings. The van der Waals surface area contributed by atoms with Crippen molar-refractivity contribution in [2.45, 2.75) is 39.3 Å². The summed E-state index contributed by atoms with van der Waals surface area (Å²) in [4.78, 5) is 25.3. The van der Waals surface area contributed by atoms with E-state index in [0.717, 1.165) is 11.4 Å². The Morgan fingerprint density at radius 2 is 2.07 bits per heavy atom. The summed E-state index contributed by atoms with van der Waals surface area (Å²) < 4.78 is 13.6.